The lowest BCUT2D eigenvalue weighted by molar-refractivity contribution is -0.155. The Morgan fingerprint density at radius 1 is 1.38 bits per heavy atom. The molecular formula is C26H33N5O6. The molecule has 2 N–H and O–H groups in total. The average Bonchev–Trinajstić information content (AvgIpc) is 3.64. The van der Waals surface area contributed by atoms with Gasteiger partial charge >= 0.3 is 5.97 Å². The fraction of sp³-hybridized carbons (Fsp3) is 0.577. The molecule has 1 aromatic heterocycles. The summed E-state index contributed by atoms with van der Waals surface area (Å²) < 4.78 is 7.91. The molecule has 2 amide bonds. The van der Waals surface area contributed by atoms with Crippen LogP contribution in [0.3, 0.4) is 0 Å². The van der Waals surface area contributed by atoms with Crippen LogP contribution in [0.1, 0.15) is 33.1 Å². The van der Waals surface area contributed by atoms with Gasteiger partial charge in [-0.1, -0.05) is 43.7 Å². The fourth-order valence-electron chi connectivity index (χ4n) is 6.55. The molecule has 11 nitrogen and oxygen atoms in total. The predicted octanol–water partition coefficient (Wildman–Crippen LogP) is 1.27. The minimum Gasteiger partial charge on any atom is -0.481 e. The van der Waals surface area contributed by atoms with E-state index < -0.39 is 47.5 Å². The van der Waals surface area contributed by atoms with E-state index in [9.17, 15) is 24.6 Å². The van der Waals surface area contributed by atoms with E-state index in [0.29, 0.717) is 24.8 Å². The number of likely N-dealkylation sites (tertiary alicyclic amines) is 1. The third-order valence-electron chi connectivity index (χ3n) is 8.49. The van der Waals surface area contributed by atoms with Gasteiger partial charge in [0.25, 0.3) is 0 Å². The Labute approximate surface area is 214 Å². The first-order valence-electron chi connectivity index (χ1n) is 12.8. The molecule has 4 heterocycles. The topological polar surface area (TPSA) is 138 Å². The highest BCUT2D eigenvalue weighted by molar-refractivity contribution is 5.98. The van der Waals surface area contributed by atoms with E-state index in [1.165, 1.54) is 9.80 Å². The largest absolute Gasteiger partial charge is 0.481 e. The van der Waals surface area contributed by atoms with Crippen molar-refractivity contribution in [3.05, 3.63) is 36.9 Å². The molecule has 198 valence electrons. The molecule has 3 aliphatic rings. The van der Waals surface area contributed by atoms with Crippen LogP contribution in [-0.2, 0) is 25.8 Å². The van der Waals surface area contributed by atoms with Crippen LogP contribution >= 0.6 is 0 Å². The van der Waals surface area contributed by atoms with Gasteiger partial charge in [0.15, 0.2) is 0 Å². The number of aromatic nitrogens is 3. The lowest BCUT2D eigenvalue weighted by Gasteiger charge is -2.40. The van der Waals surface area contributed by atoms with Gasteiger partial charge < -0.3 is 24.7 Å². The maximum atomic E-state index is 14.4. The lowest BCUT2D eigenvalue weighted by Crippen LogP contribution is -2.60. The summed E-state index contributed by atoms with van der Waals surface area (Å²) in [5.74, 6) is -4.04. The molecule has 3 saturated heterocycles. The summed E-state index contributed by atoms with van der Waals surface area (Å²) in [6, 6.07) is 5.68. The van der Waals surface area contributed by atoms with Crippen LogP contribution in [0, 0.1) is 17.8 Å². The Morgan fingerprint density at radius 2 is 2.14 bits per heavy atom. The second-order valence-corrected chi connectivity index (χ2v) is 10.3. The molecule has 5 rings (SSSR count). The number of fused-ring (bicyclic) bond motifs is 2. The van der Waals surface area contributed by atoms with Gasteiger partial charge in [-0.2, -0.15) is 0 Å². The zero-order chi connectivity index (χ0) is 26.5. The Balaban J connectivity index is 1.57. The number of carbonyl (C=O) groups is 3. The molecule has 1 spiro atoms. The van der Waals surface area contributed by atoms with Crippen LogP contribution < -0.4 is 0 Å². The fourth-order valence-corrected chi connectivity index (χ4v) is 6.55. The summed E-state index contributed by atoms with van der Waals surface area (Å²) in [4.78, 5) is 43.6. The van der Waals surface area contributed by atoms with Gasteiger partial charge in [-0.25, -0.2) is 4.68 Å². The van der Waals surface area contributed by atoms with Crippen molar-refractivity contribution in [2.45, 2.75) is 63.6 Å². The van der Waals surface area contributed by atoms with E-state index in [2.05, 4.69) is 16.9 Å². The number of benzene rings is 1. The number of nitrogens with zero attached hydrogens (tertiary/aromatic N) is 5. The summed E-state index contributed by atoms with van der Waals surface area (Å²) in [7, 11) is 0. The predicted molar refractivity (Wildman–Crippen MR) is 132 cm³/mol. The first-order valence-corrected chi connectivity index (χ1v) is 12.8. The number of rotatable bonds is 10. The van der Waals surface area contributed by atoms with Crippen molar-refractivity contribution in [3.8, 4) is 0 Å². The highest BCUT2D eigenvalue weighted by Crippen LogP contribution is 2.59. The van der Waals surface area contributed by atoms with Crippen LogP contribution in [-0.4, -0.2) is 89.7 Å². The number of carboxylic acid groups (broad SMARTS) is 1. The Morgan fingerprint density at radius 3 is 2.81 bits per heavy atom. The molecule has 1 aromatic carbocycles. The first kappa shape index (κ1) is 25.3. The second kappa shape index (κ2) is 9.53. The second-order valence-electron chi connectivity index (χ2n) is 10.3. The molecule has 2 unspecified atom stereocenters. The Hall–Kier alpha value is -3.31. The average molecular weight is 512 g/mol. The normalized spacial score (nSPS) is 29.9. The summed E-state index contributed by atoms with van der Waals surface area (Å²) in [5, 5.41) is 28.7. The quantitative estimate of drug-likeness (QED) is 0.455. The summed E-state index contributed by atoms with van der Waals surface area (Å²) in [6.07, 6.45) is 2.50. The maximum absolute atomic E-state index is 14.4. The minimum atomic E-state index is -1.26. The van der Waals surface area contributed by atoms with E-state index in [1.807, 2.05) is 38.1 Å². The standard InChI is InChI=1S/C26H33N5O6/c1-4-12-29(14-30-17-9-7-6-8-16(17)27-28-30)24(34)22-26-11-10-19(37-26)20(25(35)36)21(26)23(33)31(22)18(13-32)15(3)5-2/h4,6-9,15,18-22,32H,1,5,10-14H2,2-3H3,(H,35,36)/t15-,18-,19-,20+,21-,22?,26?/m0/s1. The number of hydrogen-bond donors (Lipinski definition) is 2. The number of para-hydroxylation sites is 1. The molecule has 0 saturated carbocycles. The van der Waals surface area contributed by atoms with Crippen LogP contribution in [0.25, 0.3) is 11.0 Å². The summed E-state index contributed by atoms with van der Waals surface area (Å²) in [6.45, 7) is 7.56. The number of amides is 2. The zero-order valence-electron chi connectivity index (χ0n) is 21.1. The van der Waals surface area contributed by atoms with Gasteiger partial charge in [-0.3, -0.25) is 14.4 Å². The minimum absolute atomic E-state index is 0.0591. The Kier molecular flexibility index (Phi) is 6.53. The maximum Gasteiger partial charge on any atom is 0.310 e. The van der Waals surface area contributed by atoms with Crippen molar-refractivity contribution in [3.63, 3.8) is 0 Å². The monoisotopic (exact) mass is 511 g/mol. The van der Waals surface area contributed by atoms with E-state index in [1.54, 1.807) is 10.8 Å². The molecule has 11 heteroatoms. The highest BCUT2D eigenvalue weighted by Gasteiger charge is 2.75. The van der Waals surface area contributed by atoms with Crippen molar-refractivity contribution in [2.24, 2.45) is 17.8 Å². The molecule has 7 atom stereocenters. The molecule has 2 bridgehead atoms. The van der Waals surface area contributed by atoms with E-state index in [4.69, 9.17) is 4.74 Å². The van der Waals surface area contributed by atoms with Crippen LogP contribution in [0.5, 0.6) is 0 Å². The first-order chi connectivity index (χ1) is 17.8. The van der Waals surface area contributed by atoms with E-state index in [-0.39, 0.29) is 31.6 Å². The number of carboxylic acids is 1. The summed E-state index contributed by atoms with van der Waals surface area (Å²) >= 11 is 0. The number of ether oxygens (including phenoxy) is 1. The zero-order valence-corrected chi connectivity index (χ0v) is 21.1. The van der Waals surface area contributed by atoms with Crippen molar-refractivity contribution < 1.29 is 29.3 Å². The lowest BCUT2D eigenvalue weighted by atomic mass is 9.70. The molecule has 2 aromatic rings. The Bertz CT molecular complexity index is 1230. The van der Waals surface area contributed by atoms with E-state index in [0.717, 1.165) is 5.52 Å². The van der Waals surface area contributed by atoms with Crippen molar-refractivity contribution in [1.82, 2.24) is 24.8 Å². The molecule has 3 aliphatic heterocycles. The number of aliphatic hydroxyl groups is 1. The van der Waals surface area contributed by atoms with Crippen molar-refractivity contribution in [1.29, 1.82) is 0 Å². The number of carbonyl (C=O) groups excluding carboxylic acids is 2. The molecule has 3 fully saturated rings. The third kappa shape index (κ3) is 3.74. The van der Waals surface area contributed by atoms with Gasteiger partial charge in [0.05, 0.1) is 36.1 Å². The van der Waals surface area contributed by atoms with Crippen LogP contribution in [0.15, 0.2) is 36.9 Å². The molecule has 0 aliphatic carbocycles. The van der Waals surface area contributed by atoms with Gasteiger partial charge in [0.1, 0.15) is 23.8 Å². The molecular weight excluding hydrogens is 478 g/mol. The molecule has 0 radical (unpaired) electrons. The van der Waals surface area contributed by atoms with Gasteiger partial charge in [-0.15, -0.1) is 11.7 Å². The number of aliphatic carboxylic acids is 1. The van der Waals surface area contributed by atoms with Gasteiger partial charge in [0.2, 0.25) is 11.8 Å². The number of aliphatic hydroxyl groups excluding tert-OH is 1. The van der Waals surface area contributed by atoms with Crippen molar-refractivity contribution in [2.75, 3.05) is 13.2 Å². The van der Waals surface area contributed by atoms with Gasteiger partial charge in [0, 0.05) is 6.54 Å². The van der Waals surface area contributed by atoms with Crippen LogP contribution in [0.2, 0.25) is 0 Å². The third-order valence-corrected chi connectivity index (χ3v) is 8.49. The summed E-state index contributed by atoms with van der Waals surface area (Å²) in [5.41, 5.74) is 0.174. The highest BCUT2D eigenvalue weighted by atomic mass is 16.5. The van der Waals surface area contributed by atoms with Gasteiger partial charge in [-0.05, 0) is 30.9 Å². The smallest absolute Gasteiger partial charge is 0.310 e. The number of hydrogen-bond acceptors (Lipinski definition) is 7. The molecule has 37 heavy (non-hydrogen) atoms. The van der Waals surface area contributed by atoms with Crippen LogP contribution in [0.4, 0.5) is 0 Å². The van der Waals surface area contributed by atoms with Crippen molar-refractivity contribution >= 4 is 28.8 Å². The van der Waals surface area contributed by atoms with E-state index >= 15 is 0 Å². The SMILES string of the molecule is C=CCN(Cn1nnc2ccccc21)C(=O)C1N([C@@H](CO)[C@@H](C)CC)C(=O)[C@@H]2[C@H](C(=O)O)[C@@H]3CCC12O3.